The first-order chi connectivity index (χ1) is 8.81. The van der Waals surface area contributed by atoms with E-state index in [2.05, 4.69) is 0 Å². The smallest absolute Gasteiger partial charge is 0.196 e. The number of hydrogen-bond acceptors (Lipinski definition) is 0. The standard InChI is InChI=1S/C14H10F5/c15-13(16,14(17,18)19)9-8-11-6-3-5-10-4-1-2-7-12(10)11/h1-7,9H,8H2. The molecule has 0 amide bonds. The van der Waals surface area contributed by atoms with Gasteiger partial charge < -0.3 is 0 Å². The summed E-state index contributed by atoms with van der Waals surface area (Å²) in [6, 6.07) is 11.9. The zero-order valence-electron chi connectivity index (χ0n) is 9.72. The van der Waals surface area contributed by atoms with Crippen molar-refractivity contribution in [2.24, 2.45) is 0 Å². The molecule has 0 unspecified atom stereocenters. The van der Waals surface area contributed by atoms with Crippen LogP contribution in [0.3, 0.4) is 0 Å². The van der Waals surface area contributed by atoms with Gasteiger partial charge in [-0.1, -0.05) is 42.5 Å². The first-order valence-corrected chi connectivity index (χ1v) is 5.57. The van der Waals surface area contributed by atoms with Crippen molar-refractivity contribution in [2.75, 3.05) is 0 Å². The van der Waals surface area contributed by atoms with E-state index in [1.807, 2.05) is 0 Å². The Bertz CT molecular complexity index is 566. The summed E-state index contributed by atoms with van der Waals surface area (Å²) >= 11 is 0. The Morgan fingerprint density at radius 2 is 1.47 bits per heavy atom. The Labute approximate surface area is 106 Å². The van der Waals surface area contributed by atoms with E-state index in [4.69, 9.17) is 0 Å². The van der Waals surface area contributed by atoms with E-state index in [1.165, 1.54) is 0 Å². The number of alkyl halides is 5. The van der Waals surface area contributed by atoms with Gasteiger partial charge in [-0.25, -0.2) is 0 Å². The van der Waals surface area contributed by atoms with Gasteiger partial charge >= 0.3 is 12.1 Å². The van der Waals surface area contributed by atoms with Crippen LogP contribution in [0.5, 0.6) is 0 Å². The summed E-state index contributed by atoms with van der Waals surface area (Å²) < 4.78 is 61.9. The molecule has 101 valence electrons. The van der Waals surface area contributed by atoms with Crippen molar-refractivity contribution in [3.63, 3.8) is 0 Å². The number of rotatable bonds is 3. The maximum atomic E-state index is 12.8. The molecule has 0 fully saturated rings. The normalized spacial score (nSPS) is 12.9. The monoisotopic (exact) mass is 273 g/mol. The van der Waals surface area contributed by atoms with Crippen LogP contribution in [-0.2, 0) is 6.42 Å². The fraction of sp³-hybridized carbons (Fsp3) is 0.214. The number of halogens is 5. The molecule has 2 aromatic rings. The van der Waals surface area contributed by atoms with Crippen molar-refractivity contribution < 1.29 is 22.0 Å². The van der Waals surface area contributed by atoms with E-state index in [1.54, 1.807) is 42.5 Å². The third-order valence-corrected chi connectivity index (χ3v) is 2.84. The topological polar surface area (TPSA) is 0 Å². The molecule has 2 rings (SSSR count). The molecule has 0 aliphatic heterocycles. The quantitative estimate of drug-likeness (QED) is 0.706. The van der Waals surface area contributed by atoms with Crippen LogP contribution in [0.15, 0.2) is 42.5 Å². The Hall–Kier alpha value is -1.65. The minimum Gasteiger partial charge on any atom is -0.196 e. The van der Waals surface area contributed by atoms with Crippen molar-refractivity contribution in [3.05, 3.63) is 54.4 Å². The maximum Gasteiger partial charge on any atom is 0.453 e. The van der Waals surface area contributed by atoms with Gasteiger partial charge in [-0.15, -0.1) is 0 Å². The van der Waals surface area contributed by atoms with E-state index in [-0.39, 0.29) is 6.42 Å². The molecule has 0 saturated carbocycles. The van der Waals surface area contributed by atoms with Gasteiger partial charge in [0.1, 0.15) is 0 Å². The van der Waals surface area contributed by atoms with Gasteiger partial charge in [0.05, 0.1) is 0 Å². The molecule has 0 heterocycles. The lowest BCUT2D eigenvalue weighted by molar-refractivity contribution is -0.266. The number of benzene rings is 2. The van der Waals surface area contributed by atoms with Crippen LogP contribution in [0.4, 0.5) is 22.0 Å². The van der Waals surface area contributed by atoms with E-state index in [9.17, 15) is 22.0 Å². The second-order valence-electron chi connectivity index (χ2n) is 4.17. The summed E-state index contributed by atoms with van der Waals surface area (Å²) in [6.45, 7) is 0. The molecule has 19 heavy (non-hydrogen) atoms. The molecular weight excluding hydrogens is 263 g/mol. The largest absolute Gasteiger partial charge is 0.453 e. The number of hydrogen-bond donors (Lipinski definition) is 0. The highest BCUT2D eigenvalue weighted by Gasteiger charge is 2.56. The van der Waals surface area contributed by atoms with Crippen LogP contribution >= 0.6 is 0 Å². The average molecular weight is 273 g/mol. The Balaban J connectivity index is 2.23. The first-order valence-electron chi connectivity index (χ1n) is 5.57. The van der Waals surface area contributed by atoms with Crippen molar-refractivity contribution in [3.8, 4) is 0 Å². The van der Waals surface area contributed by atoms with E-state index >= 15 is 0 Å². The molecule has 0 aromatic heterocycles. The zero-order chi connectivity index (χ0) is 14.1. The fourth-order valence-electron chi connectivity index (χ4n) is 1.82. The van der Waals surface area contributed by atoms with Crippen molar-refractivity contribution >= 4 is 10.8 Å². The lowest BCUT2D eigenvalue weighted by atomic mass is 9.99. The Kier molecular flexibility index (Phi) is 3.47. The second kappa shape index (κ2) is 4.79. The molecule has 5 heteroatoms. The van der Waals surface area contributed by atoms with Gasteiger partial charge in [-0.2, -0.15) is 22.0 Å². The van der Waals surface area contributed by atoms with Gasteiger partial charge in [0.25, 0.3) is 0 Å². The summed E-state index contributed by atoms with van der Waals surface area (Å²) in [5.41, 5.74) is 0.446. The van der Waals surface area contributed by atoms with Gasteiger partial charge in [0, 0.05) is 6.42 Å². The van der Waals surface area contributed by atoms with Crippen LogP contribution in [0.1, 0.15) is 5.56 Å². The van der Waals surface area contributed by atoms with Crippen LogP contribution in [0, 0.1) is 6.42 Å². The highest BCUT2D eigenvalue weighted by atomic mass is 19.4. The summed E-state index contributed by atoms with van der Waals surface area (Å²) in [5, 5.41) is 1.49. The second-order valence-corrected chi connectivity index (χ2v) is 4.17. The lowest BCUT2D eigenvalue weighted by Gasteiger charge is -2.19. The molecule has 0 aliphatic rings. The first kappa shape index (κ1) is 13.8. The van der Waals surface area contributed by atoms with Gasteiger partial charge in [-0.05, 0) is 22.8 Å². The molecule has 0 atom stereocenters. The van der Waals surface area contributed by atoms with Crippen LogP contribution in [-0.4, -0.2) is 12.1 Å². The minimum atomic E-state index is -5.54. The average Bonchev–Trinajstić information content (AvgIpc) is 2.35. The SMILES string of the molecule is FC(F)(F)C(F)(F)[CH]Cc1cccc2ccccc12. The van der Waals surface area contributed by atoms with Gasteiger partial charge in [0.15, 0.2) is 0 Å². The molecule has 0 bridgehead atoms. The van der Waals surface area contributed by atoms with Gasteiger partial charge in [-0.3, -0.25) is 0 Å². The Morgan fingerprint density at radius 1 is 0.842 bits per heavy atom. The summed E-state index contributed by atoms with van der Waals surface area (Å²) in [4.78, 5) is 0. The fourth-order valence-corrected chi connectivity index (χ4v) is 1.82. The summed E-state index contributed by atoms with van der Waals surface area (Å²) in [5.74, 6) is -4.77. The van der Waals surface area contributed by atoms with Crippen LogP contribution < -0.4 is 0 Å². The lowest BCUT2D eigenvalue weighted by Crippen LogP contribution is -2.37. The van der Waals surface area contributed by atoms with Crippen LogP contribution in [0.2, 0.25) is 0 Å². The molecule has 1 radical (unpaired) electrons. The zero-order valence-corrected chi connectivity index (χ0v) is 9.72. The molecule has 2 aromatic carbocycles. The Morgan fingerprint density at radius 3 is 2.16 bits per heavy atom. The highest BCUT2D eigenvalue weighted by molar-refractivity contribution is 5.85. The maximum absolute atomic E-state index is 12.8. The predicted molar refractivity (Wildman–Crippen MR) is 63.0 cm³/mol. The molecule has 0 spiro atoms. The van der Waals surface area contributed by atoms with Crippen molar-refractivity contribution in [1.29, 1.82) is 0 Å². The molecule has 0 aliphatic carbocycles. The predicted octanol–water partition coefficient (Wildman–Crippen LogP) is 4.78. The van der Waals surface area contributed by atoms with E-state index < -0.39 is 18.5 Å². The van der Waals surface area contributed by atoms with Crippen molar-refractivity contribution in [2.45, 2.75) is 18.5 Å². The van der Waals surface area contributed by atoms with E-state index in [0.717, 1.165) is 5.39 Å². The summed E-state index contributed by atoms with van der Waals surface area (Å²) in [6.07, 6.45) is -5.97. The number of fused-ring (bicyclic) bond motifs is 1. The molecule has 0 nitrogen and oxygen atoms in total. The molecule has 0 N–H and O–H groups in total. The third kappa shape index (κ3) is 2.85. The van der Waals surface area contributed by atoms with Gasteiger partial charge in [0.2, 0.25) is 0 Å². The van der Waals surface area contributed by atoms with E-state index in [0.29, 0.717) is 10.9 Å². The van der Waals surface area contributed by atoms with Crippen molar-refractivity contribution in [1.82, 2.24) is 0 Å². The summed E-state index contributed by atoms with van der Waals surface area (Å²) in [7, 11) is 0. The highest BCUT2D eigenvalue weighted by Crippen LogP contribution is 2.38. The molecular formula is C14H10F5. The third-order valence-electron chi connectivity index (χ3n) is 2.84. The molecule has 0 saturated heterocycles. The van der Waals surface area contributed by atoms with Crippen LogP contribution in [0.25, 0.3) is 10.8 Å². The minimum absolute atomic E-state index is 0.00870.